The van der Waals surface area contributed by atoms with Crippen molar-refractivity contribution in [1.82, 2.24) is 9.66 Å². The van der Waals surface area contributed by atoms with Crippen LogP contribution in [0.25, 0.3) is 22.2 Å². The Morgan fingerprint density at radius 2 is 2.00 bits per heavy atom. The third-order valence-electron chi connectivity index (χ3n) is 4.73. The van der Waals surface area contributed by atoms with Gasteiger partial charge in [0.15, 0.2) is 0 Å². The molecule has 2 heterocycles. The maximum Gasteiger partial charge on any atom is 0.335 e. The van der Waals surface area contributed by atoms with E-state index in [0.29, 0.717) is 39.4 Å². The van der Waals surface area contributed by atoms with Crippen LogP contribution in [-0.2, 0) is 0 Å². The molecule has 0 fully saturated rings. The molecule has 30 heavy (non-hydrogen) atoms. The number of hydrogen-bond acceptors (Lipinski definition) is 5. The summed E-state index contributed by atoms with van der Waals surface area (Å²) in [6, 6.07) is 13.8. The number of fused-ring (bicyclic) bond motifs is 1. The van der Waals surface area contributed by atoms with Crippen molar-refractivity contribution in [3.8, 4) is 11.3 Å². The molecule has 0 aliphatic rings. The minimum atomic E-state index is -0.993. The number of aromatic carboxylic acids is 1. The molecule has 1 N–H and O–H groups in total. The molecule has 8 heteroatoms. The van der Waals surface area contributed by atoms with Crippen molar-refractivity contribution < 1.29 is 14.3 Å². The molecule has 0 radical (unpaired) electrons. The number of furan rings is 1. The standard InChI is InChI=1S/C22H16BrN3O4/c1-12-16(4-3-5-17(12)22(28)29)20-9-7-15(30-20)11-24-26-13(2)25-19-8-6-14(23)10-18(19)21(26)27/h3-11H,1-2H3,(H,28,29). The fourth-order valence-corrected chi connectivity index (χ4v) is 3.57. The molecule has 0 saturated heterocycles. The summed E-state index contributed by atoms with van der Waals surface area (Å²) in [5.41, 5.74) is 1.82. The lowest BCUT2D eigenvalue weighted by atomic mass is 10.0. The van der Waals surface area contributed by atoms with Gasteiger partial charge in [0.25, 0.3) is 5.56 Å². The first-order valence-electron chi connectivity index (χ1n) is 9.01. The Balaban J connectivity index is 1.71. The van der Waals surface area contributed by atoms with E-state index in [2.05, 4.69) is 26.0 Å². The molecule has 4 aromatic rings. The zero-order valence-corrected chi connectivity index (χ0v) is 17.7. The van der Waals surface area contributed by atoms with Crippen LogP contribution < -0.4 is 5.56 Å². The summed E-state index contributed by atoms with van der Waals surface area (Å²) in [6.07, 6.45) is 1.43. The van der Waals surface area contributed by atoms with Crippen LogP contribution in [0, 0.1) is 13.8 Å². The zero-order valence-electron chi connectivity index (χ0n) is 16.1. The highest BCUT2D eigenvalue weighted by Gasteiger charge is 2.14. The van der Waals surface area contributed by atoms with E-state index in [9.17, 15) is 14.7 Å². The Labute approximate surface area is 179 Å². The summed E-state index contributed by atoms with van der Waals surface area (Å²) in [5.74, 6) is 0.392. The number of aryl methyl sites for hydroxylation is 1. The smallest absolute Gasteiger partial charge is 0.335 e. The molecule has 2 aromatic heterocycles. The Hall–Kier alpha value is -3.52. The summed E-state index contributed by atoms with van der Waals surface area (Å²) in [4.78, 5) is 28.6. The van der Waals surface area contributed by atoms with E-state index in [0.717, 1.165) is 4.47 Å². The molecule has 4 rings (SSSR count). The van der Waals surface area contributed by atoms with Crippen molar-refractivity contribution in [3.05, 3.63) is 86.1 Å². The molecule has 0 bridgehead atoms. The van der Waals surface area contributed by atoms with Gasteiger partial charge in [0.2, 0.25) is 0 Å². The van der Waals surface area contributed by atoms with Gasteiger partial charge in [-0.1, -0.05) is 28.1 Å². The van der Waals surface area contributed by atoms with Gasteiger partial charge in [0, 0.05) is 10.0 Å². The van der Waals surface area contributed by atoms with Gasteiger partial charge in [0.1, 0.15) is 17.3 Å². The second-order valence-electron chi connectivity index (χ2n) is 6.67. The SMILES string of the molecule is Cc1c(C(=O)O)cccc1-c1ccc(C=Nn2c(C)nc3ccc(Br)cc3c2=O)o1. The van der Waals surface area contributed by atoms with Gasteiger partial charge < -0.3 is 9.52 Å². The lowest BCUT2D eigenvalue weighted by Gasteiger charge is -2.06. The Bertz CT molecular complexity index is 1390. The van der Waals surface area contributed by atoms with Gasteiger partial charge in [-0.15, -0.1) is 0 Å². The van der Waals surface area contributed by atoms with E-state index in [4.69, 9.17) is 4.42 Å². The van der Waals surface area contributed by atoms with E-state index in [-0.39, 0.29) is 11.1 Å². The minimum absolute atomic E-state index is 0.217. The molecular weight excluding hydrogens is 450 g/mol. The average molecular weight is 466 g/mol. The molecule has 0 saturated carbocycles. The molecule has 150 valence electrons. The largest absolute Gasteiger partial charge is 0.478 e. The van der Waals surface area contributed by atoms with Gasteiger partial charge in [-0.05, 0) is 55.8 Å². The summed E-state index contributed by atoms with van der Waals surface area (Å²) in [5, 5.41) is 14.0. The van der Waals surface area contributed by atoms with Crippen molar-refractivity contribution in [1.29, 1.82) is 0 Å². The molecular formula is C22H16BrN3O4. The molecule has 7 nitrogen and oxygen atoms in total. The predicted molar refractivity (Wildman–Crippen MR) is 117 cm³/mol. The summed E-state index contributed by atoms with van der Waals surface area (Å²) >= 11 is 3.36. The maximum atomic E-state index is 12.8. The van der Waals surface area contributed by atoms with Crippen LogP contribution in [0.4, 0.5) is 0 Å². The van der Waals surface area contributed by atoms with Gasteiger partial charge >= 0.3 is 5.97 Å². The minimum Gasteiger partial charge on any atom is -0.478 e. The van der Waals surface area contributed by atoms with E-state index >= 15 is 0 Å². The highest BCUT2D eigenvalue weighted by atomic mass is 79.9. The number of rotatable bonds is 4. The van der Waals surface area contributed by atoms with Gasteiger partial charge in [-0.3, -0.25) is 4.79 Å². The topological polar surface area (TPSA) is 97.7 Å². The maximum absolute atomic E-state index is 12.8. The zero-order chi connectivity index (χ0) is 21.4. The number of nitrogens with zero attached hydrogens (tertiary/aromatic N) is 3. The van der Waals surface area contributed by atoms with Crippen molar-refractivity contribution in [2.24, 2.45) is 5.10 Å². The second-order valence-corrected chi connectivity index (χ2v) is 7.58. The van der Waals surface area contributed by atoms with Gasteiger partial charge in [-0.25, -0.2) is 9.78 Å². The van der Waals surface area contributed by atoms with Crippen molar-refractivity contribution in [2.45, 2.75) is 13.8 Å². The van der Waals surface area contributed by atoms with Crippen LogP contribution in [0.3, 0.4) is 0 Å². The third-order valence-corrected chi connectivity index (χ3v) is 5.22. The first-order valence-corrected chi connectivity index (χ1v) is 9.81. The first kappa shape index (κ1) is 19.8. The van der Waals surface area contributed by atoms with Crippen molar-refractivity contribution >= 4 is 39.0 Å². The van der Waals surface area contributed by atoms with Gasteiger partial charge in [-0.2, -0.15) is 9.78 Å². The molecule has 0 amide bonds. The van der Waals surface area contributed by atoms with Crippen LogP contribution >= 0.6 is 15.9 Å². The quantitative estimate of drug-likeness (QED) is 0.443. The molecule has 2 aromatic carbocycles. The predicted octanol–water partition coefficient (Wildman–Crippen LogP) is 4.62. The number of carboxylic acids is 1. The molecule has 0 atom stereocenters. The Morgan fingerprint density at radius 3 is 2.77 bits per heavy atom. The van der Waals surface area contributed by atoms with Crippen molar-refractivity contribution in [3.63, 3.8) is 0 Å². The summed E-state index contributed by atoms with van der Waals surface area (Å²) in [6.45, 7) is 3.44. The highest BCUT2D eigenvalue weighted by molar-refractivity contribution is 9.10. The van der Waals surface area contributed by atoms with Crippen LogP contribution in [0.5, 0.6) is 0 Å². The first-order chi connectivity index (χ1) is 14.3. The molecule has 0 spiro atoms. The fraction of sp³-hybridized carbons (Fsp3) is 0.0909. The monoisotopic (exact) mass is 465 g/mol. The van der Waals surface area contributed by atoms with Crippen molar-refractivity contribution in [2.75, 3.05) is 0 Å². The normalized spacial score (nSPS) is 11.4. The number of carboxylic acid groups (broad SMARTS) is 1. The van der Waals surface area contributed by atoms with Crippen LogP contribution in [-0.4, -0.2) is 27.0 Å². The average Bonchev–Trinajstić information content (AvgIpc) is 3.17. The number of benzene rings is 2. The number of carbonyl (C=O) groups is 1. The molecule has 0 aliphatic heterocycles. The van der Waals surface area contributed by atoms with E-state index in [1.807, 2.05) is 6.07 Å². The highest BCUT2D eigenvalue weighted by Crippen LogP contribution is 2.27. The van der Waals surface area contributed by atoms with E-state index in [1.165, 1.54) is 10.9 Å². The number of aromatic nitrogens is 2. The number of hydrogen-bond donors (Lipinski definition) is 1. The molecule has 0 aliphatic carbocycles. The summed E-state index contributed by atoms with van der Waals surface area (Å²) in [7, 11) is 0. The van der Waals surface area contributed by atoms with Gasteiger partial charge in [0.05, 0.1) is 22.7 Å². The lowest BCUT2D eigenvalue weighted by Crippen LogP contribution is -2.20. The van der Waals surface area contributed by atoms with E-state index < -0.39 is 5.97 Å². The Kier molecular flexibility index (Phi) is 5.09. The van der Waals surface area contributed by atoms with Crippen LogP contribution in [0.15, 0.2) is 67.3 Å². The number of halogens is 1. The third kappa shape index (κ3) is 3.57. The summed E-state index contributed by atoms with van der Waals surface area (Å²) < 4.78 is 7.80. The van der Waals surface area contributed by atoms with Crippen LogP contribution in [0.2, 0.25) is 0 Å². The molecule has 0 unspecified atom stereocenters. The van der Waals surface area contributed by atoms with E-state index in [1.54, 1.807) is 56.3 Å². The fourth-order valence-electron chi connectivity index (χ4n) is 3.21. The lowest BCUT2D eigenvalue weighted by molar-refractivity contribution is 0.0696. The Morgan fingerprint density at radius 1 is 1.20 bits per heavy atom. The second kappa shape index (κ2) is 7.72. The van der Waals surface area contributed by atoms with Crippen LogP contribution in [0.1, 0.15) is 27.5 Å².